The molecule has 0 aromatic heterocycles. The molecule has 4 aromatic carbocycles. The van der Waals surface area contributed by atoms with Crippen molar-refractivity contribution in [1.29, 1.82) is 0 Å². The van der Waals surface area contributed by atoms with E-state index in [4.69, 9.17) is 9.84 Å². The van der Waals surface area contributed by atoms with Gasteiger partial charge in [-0.25, -0.2) is 4.79 Å². The van der Waals surface area contributed by atoms with Crippen LogP contribution in [0.4, 0.5) is 0 Å². The second kappa shape index (κ2) is 7.45. The Bertz CT molecular complexity index is 1160. The Balaban J connectivity index is 1.53. The van der Waals surface area contributed by atoms with Crippen molar-refractivity contribution in [2.24, 2.45) is 0 Å². The van der Waals surface area contributed by atoms with Gasteiger partial charge in [-0.15, -0.1) is 0 Å². The normalized spacial score (nSPS) is 10.7. The number of hydrogen-bond acceptors (Lipinski definition) is 3. The van der Waals surface area contributed by atoms with Crippen LogP contribution >= 0.6 is 0 Å². The second-order valence-corrected chi connectivity index (χ2v) is 6.54. The van der Waals surface area contributed by atoms with Crippen LogP contribution in [0, 0.1) is 0 Å². The molecule has 0 aliphatic rings. The number of fused-ring (bicyclic) bond motifs is 1. The Kier molecular flexibility index (Phi) is 4.68. The first-order valence-electron chi connectivity index (χ1n) is 8.87. The maximum absolute atomic E-state index is 11.0. The molecule has 4 nitrogen and oxygen atoms in total. The first-order chi connectivity index (χ1) is 13.6. The zero-order valence-corrected chi connectivity index (χ0v) is 15.0. The molecule has 0 amide bonds. The van der Waals surface area contributed by atoms with Crippen LogP contribution in [0.5, 0.6) is 11.5 Å². The second-order valence-electron chi connectivity index (χ2n) is 6.54. The Morgan fingerprint density at radius 2 is 1.57 bits per heavy atom. The minimum atomic E-state index is -1.17. The van der Waals surface area contributed by atoms with Gasteiger partial charge in [0, 0.05) is 6.07 Å². The zero-order valence-electron chi connectivity index (χ0n) is 15.0. The van der Waals surface area contributed by atoms with Gasteiger partial charge in [0.25, 0.3) is 0 Å². The van der Waals surface area contributed by atoms with Gasteiger partial charge in [-0.05, 0) is 51.7 Å². The number of rotatable bonds is 5. The minimum Gasteiger partial charge on any atom is -0.507 e. The van der Waals surface area contributed by atoms with Gasteiger partial charge >= 0.3 is 5.97 Å². The van der Waals surface area contributed by atoms with Crippen molar-refractivity contribution < 1.29 is 19.7 Å². The van der Waals surface area contributed by atoms with E-state index in [-0.39, 0.29) is 11.3 Å². The van der Waals surface area contributed by atoms with Crippen LogP contribution in [0.25, 0.3) is 21.9 Å². The third kappa shape index (κ3) is 3.67. The van der Waals surface area contributed by atoms with Gasteiger partial charge in [0.1, 0.15) is 23.7 Å². The van der Waals surface area contributed by atoms with Gasteiger partial charge in [-0.1, -0.05) is 54.6 Å². The van der Waals surface area contributed by atoms with Gasteiger partial charge in [-0.3, -0.25) is 0 Å². The predicted molar refractivity (Wildman–Crippen MR) is 109 cm³/mol. The minimum absolute atomic E-state index is 0.148. The monoisotopic (exact) mass is 370 g/mol. The maximum atomic E-state index is 11.0. The molecular weight excluding hydrogens is 352 g/mol. The van der Waals surface area contributed by atoms with Gasteiger partial charge in [0.15, 0.2) is 0 Å². The van der Waals surface area contributed by atoms with Crippen LogP contribution < -0.4 is 4.74 Å². The highest BCUT2D eigenvalue weighted by atomic mass is 16.5. The molecule has 0 saturated carbocycles. The van der Waals surface area contributed by atoms with E-state index in [9.17, 15) is 9.90 Å². The molecule has 0 unspecified atom stereocenters. The fraction of sp³-hybridized carbons (Fsp3) is 0.0417. The van der Waals surface area contributed by atoms with Crippen LogP contribution in [0.15, 0.2) is 84.9 Å². The average Bonchev–Trinajstić information content (AvgIpc) is 2.72. The lowest BCUT2D eigenvalue weighted by atomic mass is 10.00. The van der Waals surface area contributed by atoms with Crippen molar-refractivity contribution >= 4 is 16.7 Å². The smallest absolute Gasteiger partial charge is 0.339 e. The number of carbonyl (C=O) groups is 1. The highest BCUT2D eigenvalue weighted by Gasteiger charge is 2.10. The molecule has 0 radical (unpaired) electrons. The maximum Gasteiger partial charge on any atom is 0.339 e. The van der Waals surface area contributed by atoms with E-state index < -0.39 is 5.97 Å². The fourth-order valence-corrected chi connectivity index (χ4v) is 3.16. The number of aromatic carboxylic acids is 1. The molecule has 0 heterocycles. The summed E-state index contributed by atoms with van der Waals surface area (Å²) in [6.07, 6.45) is 0. The number of carboxylic acids is 1. The third-order valence-corrected chi connectivity index (χ3v) is 4.61. The van der Waals surface area contributed by atoms with E-state index in [2.05, 4.69) is 42.5 Å². The predicted octanol–water partition coefficient (Wildman–Crippen LogP) is 5.49. The standard InChI is InChI=1S/C24H18O4/c25-23-14-21(10-11-22(23)24(26)27)28-15-16-4-3-7-18(12-16)20-9-8-17-5-1-2-6-19(17)13-20/h1-14,25H,15H2,(H,26,27). The molecular formula is C24H18O4. The van der Waals surface area contributed by atoms with Crippen LogP contribution in [0.1, 0.15) is 15.9 Å². The van der Waals surface area contributed by atoms with E-state index in [1.54, 1.807) is 0 Å². The quantitative estimate of drug-likeness (QED) is 0.487. The Morgan fingerprint density at radius 1 is 0.786 bits per heavy atom. The van der Waals surface area contributed by atoms with Gasteiger partial charge < -0.3 is 14.9 Å². The van der Waals surface area contributed by atoms with Gasteiger partial charge in [0.05, 0.1) is 0 Å². The molecule has 4 aromatic rings. The highest BCUT2D eigenvalue weighted by Crippen LogP contribution is 2.27. The van der Waals surface area contributed by atoms with Crippen LogP contribution in [0.2, 0.25) is 0 Å². The van der Waals surface area contributed by atoms with E-state index in [0.29, 0.717) is 12.4 Å². The first kappa shape index (κ1) is 17.6. The van der Waals surface area contributed by atoms with Crippen molar-refractivity contribution in [2.45, 2.75) is 6.61 Å². The summed E-state index contributed by atoms with van der Waals surface area (Å²) in [6, 6.07) is 26.9. The highest BCUT2D eigenvalue weighted by molar-refractivity contribution is 5.91. The third-order valence-electron chi connectivity index (χ3n) is 4.61. The van der Waals surface area contributed by atoms with Crippen LogP contribution in [0.3, 0.4) is 0 Å². The Hall–Kier alpha value is -3.79. The van der Waals surface area contributed by atoms with Gasteiger partial charge in [0.2, 0.25) is 0 Å². The largest absolute Gasteiger partial charge is 0.507 e. The molecule has 0 spiro atoms. The number of phenols is 1. The molecule has 28 heavy (non-hydrogen) atoms. The summed E-state index contributed by atoms with van der Waals surface area (Å²) in [5.41, 5.74) is 3.05. The first-order valence-corrected chi connectivity index (χ1v) is 8.87. The molecule has 0 saturated heterocycles. The van der Waals surface area contributed by atoms with Crippen molar-refractivity contribution in [3.63, 3.8) is 0 Å². The fourth-order valence-electron chi connectivity index (χ4n) is 3.16. The number of ether oxygens (including phenoxy) is 1. The number of aromatic hydroxyl groups is 1. The average molecular weight is 370 g/mol. The lowest BCUT2D eigenvalue weighted by Gasteiger charge is -2.10. The van der Waals surface area contributed by atoms with Crippen molar-refractivity contribution in [3.05, 3.63) is 96.1 Å². The summed E-state index contributed by atoms with van der Waals surface area (Å²) < 4.78 is 5.72. The molecule has 0 atom stereocenters. The lowest BCUT2D eigenvalue weighted by Crippen LogP contribution is -1.99. The molecule has 4 heteroatoms. The van der Waals surface area contributed by atoms with E-state index in [1.165, 1.54) is 29.0 Å². The van der Waals surface area contributed by atoms with Crippen LogP contribution in [-0.2, 0) is 6.61 Å². The van der Waals surface area contributed by atoms with Crippen molar-refractivity contribution in [3.8, 4) is 22.6 Å². The van der Waals surface area contributed by atoms with E-state index in [0.717, 1.165) is 16.7 Å². The summed E-state index contributed by atoms with van der Waals surface area (Å²) in [5.74, 6) is -1.07. The SMILES string of the molecule is O=C(O)c1ccc(OCc2cccc(-c3ccc4ccccc4c3)c2)cc1O. The van der Waals surface area contributed by atoms with Crippen molar-refractivity contribution in [1.82, 2.24) is 0 Å². The molecule has 138 valence electrons. The molecule has 0 aliphatic heterocycles. The number of benzene rings is 4. The molecule has 4 rings (SSSR count). The Labute approximate surface area is 162 Å². The van der Waals surface area contributed by atoms with Crippen LogP contribution in [-0.4, -0.2) is 16.2 Å². The number of carboxylic acid groups (broad SMARTS) is 1. The summed E-state index contributed by atoms with van der Waals surface area (Å²) >= 11 is 0. The van der Waals surface area contributed by atoms with E-state index in [1.807, 2.05) is 24.3 Å². The Morgan fingerprint density at radius 3 is 2.36 bits per heavy atom. The molecule has 0 fully saturated rings. The molecule has 2 N–H and O–H groups in total. The summed E-state index contributed by atoms with van der Waals surface area (Å²) in [4.78, 5) is 11.0. The summed E-state index contributed by atoms with van der Waals surface area (Å²) in [6.45, 7) is 0.313. The van der Waals surface area contributed by atoms with Crippen molar-refractivity contribution in [2.75, 3.05) is 0 Å². The van der Waals surface area contributed by atoms with E-state index >= 15 is 0 Å². The topological polar surface area (TPSA) is 66.8 Å². The lowest BCUT2D eigenvalue weighted by molar-refractivity contribution is 0.0693. The summed E-state index contributed by atoms with van der Waals surface area (Å²) in [7, 11) is 0. The molecule has 0 aliphatic carbocycles. The zero-order chi connectivity index (χ0) is 19.5. The van der Waals surface area contributed by atoms with Gasteiger partial charge in [-0.2, -0.15) is 0 Å². The summed E-state index contributed by atoms with van der Waals surface area (Å²) in [5, 5.41) is 21.1. The molecule has 0 bridgehead atoms. The number of hydrogen-bond donors (Lipinski definition) is 2.